The molecule has 2 aromatic rings. The molecule has 3 N–H and O–H groups in total. The summed E-state index contributed by atoms with van der Waals surface area (Å²) >= 11 is 0. The first-order chi connectivity index (χ1) is 7.09. The summed E-state index contributed by atoms with van der Waals surface area (Å²) in [5, 5.41) is 11.1. The molecule has 2 heterocycles. The number of hydrogen-bond donors (Lipinski definition) is 2. The number of nitrogen functional groups attached to an aromatic ring is 1. The number of nitrogens with one attached hydrogen (secondary N) is 1. The summed E-state index contributed by atoms with van der Waals surface area (Å²) in [5.41, 5.74) is 8.86. The maximum atomic E-state index is 5.82. The van der Waals surface area contributed by atoms with Crippen LogP contribution >= 0.6 is 0 Å². The van der Waals surface area contributed by atoms with Crippen molar-refractivity contribution >= 4 is 5.82 Å². The van der Waals surface area contributed by atoms with Gasteiger partial charge in [-0.05, 0) is 5.92 Å². The second-order valence-electron chi connectivity index (χ2n) is 3.95. The van der Waals surface area contributed by atoms with Gasteiger partial charge >= 0.3 is 0 Å². The third-order valence-corrected chi connectivity index (χ3v) is 2.40. The van der Waals surface area contributed by atoms with E-state index >= 15 is 0 Å². The van der Waals surface area contributed by atoms with Crippen molar-refractivity contribution < 1.29 is 0 Å². The predicted octanol–water partition coefficient (Wildman–Crippen LogP) is 1.52. The van der Waals surface area contributed by atoms with E-state index < -0.39 is 0 Å². The first kappa shape index (κ1) is 9.76. The molecule has 5 heteroatoms. The number of rotatable bonds is 2. The number of aromatic amines is 1. The topological polar surface area (TPSA) is 72.5 Å². The summed E-state index contributed by atoms with van der Waals surface area (Å²) in [4.78, 5) is 0. The maximum Gasteiger partial charge on any atom is 0.149 e. The molecule has 0 bridgehead atoms. The minimum atomic E-state index is 0.346. The van der Waals surface area contributed by atoms with Crippen molar-refractivity contribution in [3.05, 3.63) is 18.0 Å². The number of hydrogen-bond acceptors (Lipinski definition) is 3. The Kier molecular flexibility index (Phi) is 2.22. The number of nitrogens with two attached hydrogens (primary N) is 1. The number of aromatic nitrogens is 4. The van der Waals surface area contributed by atoms with Crippen LogP contribution in [0.3, 0.4) is 0 Å². The summed E-state index contributed by atoms with van der Waals surface area (Å²) in [5.74, 6) is 0.919. The highest BCUT2D eigenvalue weighted by molar-refractivity contribution is 5.67. The lowest BCUT2D eigenvalue weighted by Gasteiger charge is -2.05. The van der Waals surface area contributed by atoms with E-state index in [0.717, 1.165) is 16.8 Å². The smallest absolute Gasteiger partial charge is 0.149 e. The van der Waals surface area contributed by atoms with Crippen molar-refractivity contribution in [3.63, 3.8) is 0 Å². The van der Waals surface area contributed by atoms with Gasteiger partial charge in [0.05, 0.1) is 11.9 Å². The monoisotopic (exact) mass is 205 g/mol. The van der Waals surface area contributed by atoms with Crippen molar-refractivity contribution in [2.45, 2.75) is 19.8 Å². The van der Waals surface area contributed by atoms with Gasteiger partial charge in [-0.25, -0.2) is 0 Å². The fourth-order valence-electron chi connectivity index (χ4n) is 1.72. The van der Waals surface area contributed by atoms with Gasteiger partial charge in [-0.15, -0.1) is 0 Å². The third-order valence-electron chi connectivity index (χ3n) is 2.40. The van der Waals surface area contributed by atoms with Crippen LogP contribution in [0.5, 0.6) is 0 Å². The van der Waals surface area contributed by atoms with Crippen molar-refractivity contribution in [1.29, 1.82) is 0 Å². The molecule has 0 radical (unpaired) electrons. The van der Waals surface area contributed by atoms with Crippen LogP contribution in [-0.2, 0) is 7.05 Å². The summed E-state index contributed by atoms with van der Waals surface area (Å²) in [6, 6.07) is 0. The number of nitrogens with zero attached hydrogens (tertiary/aromatic N) is 3. The van der Waals surface area contributed by atoms with Crippen LogP contribution in [0.2, 0.25) is 0 Å². The van der Waals surface area contributed by atoms with Gasteiger partial charge in [0.15, 0.2) is 0 Å². The Morgan fingerprint density at radius 3 is 2.73 bits per heavy atom. The Morgan fingerprint density at radius 1 is 1.47 bits per heavy atom. The number of H-pyrrole nitrogens is 1. The minimum Gasteiger partial charge on any atom is -0.382 e. The largest absolute Gasteiger partial charge is 0.382 e. The van der Waals surface area contributed by atoms with E-state index in [1.54, 1.807) is 10.9 Å². The van der Waals surface area contributed by atoms with Crippen LogP contribution in [0.15, 0.2) is 12.4 Å². The van der Waals surface area contributed by atoms with Crippen molar-refractivity contribution in [1.82, 2.24) is 20.0 Å². The predicted molar refractivity (Wildman–Crippen MR) is 59.3 cm³/mol. The minimum absolute atomic E-state index is 0.346. The lowest BCUT2D eigenvalue weighted by Crippen LogP contribution is -1.94. The molecule has 5 nitrogen and oxygen atoms in total. The van der Waals surface area contributed by atoms with E-state index in [1.807, 2.05) is 13.2 Å². The van der Waals surface area contributed by atoms with Gasteiger partial charge < -0.3 is 5.73 Å². The van der Waals surface area contributed by atoms with Gasteiger partial charge in [-0.2, -0.15) is 10.2 Å². The maximum absolute atomic E-state index is 5.82. The van der Waals surface area contributed by atoms with Crippen molar-refractivity contribution in [2.75, 3.05) is 5.73 Å². The zero-order chi connectivity index (χ0) is 11.0. The Hall–Kier alpha value is -1.78. The molecular formula is C10H15N5. The molecule has 2 aromatic heterocycles. The van der Waals surface area contributed by atoms with Gasteiger partial charge in [0.25, 0.3) is 0 Å². The highest BCUT2D eigenvalue weighted by Crippen LogP contribution is 2.30. The summed E-state index contributed by atoms with van der Waals surface area (Å²) in [6.07, 6.45) is 3.75. The zero-order valence-corrected chi connectivity index (χ0v) is 9.15. The standard InChI is InChI=1S/C10H15N5/c1-6(2)8-9(13-14-10(8)11)7-4-12-15(3)5-7/h4-6H,1-3H3,(H3,11,13,14). The van der Waals surface area contributed by atoms with Crippen LogP contribution in [0, 0.1) is 0 Å². The summed E-state index contributed by atoms with van der Waals surface area (Å²) in [6.45, 7) is 4.20. The lowest BCUT2D eigenvalue weighted by molar-refractivity contribution is 0.768. The Morgan fingerprint density at radius 2 is 2.20 bits per heavy atom. The quantitative estimate of drug-likeness (QED) is 0.780. The highest BCUT2D eigenvalue weighted by Gasteiger charge is 2.16. The summed E-state index contributed by atoms with van der Waals surface area (Å²) in [7, 11) is 1.89. The second-order valence-corrected chi connectivity index (χ2v) is 3.95. The molecule has 0 fully saturated rings. The molecule has 2 rings (SSSR count). The SMILES string of the molecule is CC(C)c1c(N)n[nH]c1-c1cnn(C)c1. The molecule has 0 aliphatic rings. The van der Waals surface area contributed by atoms with Crippen LogP contribution in [-0.4, -0.2) is 20.0 Å². The Labute approximate surface area is 88.3 Å². The third kappa shape index (κ3) is 1.60. The number of aryl methyl sites for hydroxylation is 1. The van der Waals surface area contributed by atoms with Gasteiger partial charge in [0.2, 0.25) is 0 Å². The molecule has 0 spiro atoms. The molecular weight excluding hydrogens is 190 g/mol. The average Bonchev–Trinajstić information content (AvgIpc) is 2.71. The van der Waals surface area contributed by atoms with Crippen LogP contribution in [0.4, 0.5) is 5.82 Å². The average molecular weight is 205 g/mol. The fraction of sp³-hybridized carbons (Fsp3) is 0.400. The van der Waals surface area contributed by atoms with E-state index in [4.69, 9.17) is 5.73 Å². The Bertz CT molecular complexity index is 466. The molecule has 0 saturated carbocycles. The van der Waals surface area contributed by atoms with Crippen LogP contribution < -0.4 is 5.73 Å². The molecule has 0 unspecified atom stereocenters. The molecule has 80 valence electrons. The molecule has 0 atom stereocenters. The molecule has 0 aromatic carbocycles. The highest BCUT2D eigenvalue weighted by atomic mass is 15.2. The van der Waals surface area contributed by atoms with E-state index in [2.05, 4.69) is 29.1 Å². The lowest BCUT2D eigenvalue weighted by atomic mass is 10.0. The van der Waals surface area contributed by atoms with E-state index in [1.165, 1.54) is 0 Å². The Balaban J connectivity index is 2.53. The van der Waals surface area contributed by atoms with Crippen LogP contribution in [0.25, 0.3) is 11.3 Å². The molecule has 0 saturated heterocycles. The molecule has 15 heavy (non-hydrogen) atoms. The molecule has 0 amide bonds. The molecule has 0 aliphatic carbocycles. The number of anilines is 1. The van der Waals surface area contributed by atoms with Gasteiger partial charge in [0, 0.05) is 24.4 Å². The normalized spacial score (nSPS) is 11.2. The van der Waals surface area contributed by atoms with Crippen LogP contribution in [0.1, 0.15) is 25.3 Å². The van der Waals surface area contributed by atoms with Gasteiger partial charge in [-0.3, -0.25) is 9.78 Å². The van der Waals surface area contributed by atoms with Crippen molar-refractivity contribution in [3.8, 4) is 11.3 Å². The zero-order valence-electron chi connectivity index (χ0n) is 9.15. The fourth-order valence-corrected chi connectivity index (χ4v) is 1.72. The van der Waals surface area contributed by atoms with Gasteiger partial charge in [0.1, 0.15) is 5.82 Å². The van der Waals surface area contributed by atoms with E-state index in [-0.39, 0.29) is 0 Å². The van der Waals surface area contributed by atoms with Crippen molar-refractivity contribution in [2.24, 2.45) is 7.05 Å². The first-order valence-electron chi connectivity index (χ1n) is 4.92. The van der Waals surface area contributed by atoms with E-state index in [9.17, 15) is 0 Å². The van der Waals surface area contributed by atoms with E-state index in [0.29, 0.717) is 11.7 Å². The summed E-state index contributed by atoms with van der Waals surface area (Å²) < 4.78 is 1.76. The first-order valence-corrected chi connectivity index (χ1v) is 4.92. The second kappa shape index (κ2) is 3.42. The van der Waals surface area contributed by atoms with Gasteiger partial charge in [-0.1, -0.05) is 13.8 Å². The molecule has 0 aliphatic heterocycles.